The van der Waals surface area contributed by atoms with Gasteiger partial charge in [0.1, 0.15) is 0 Å². The molecule has 21 heavy (non-hydrogen) atoms. The number of benzene rings is 1. The average Bonchev–Trinajstić information content (AvgIpc) is 3.05. The molecule has 0 unspecified atom stereocenters. The molecular formula is C15H15BrN4O. The number of hydrogen-bond donors (Lipinski definition) is 2. The number of nitrogens with one attached hydrogen (secondary N) is 1. The number of carbonyl (C=O) groups is 1. The fourth-order valence-corrected chi connectivity index (χ4v) is 2.75. The van der Waals surface area contributed by atoms with Gasteiger partial charge in [-0.3, -0.25) is 9.48 Å². The summed E-state index contributed by atoms with van der Waals surface area (Å²) in [5.41, 5.74) is 8.54. The van der Waals surface area contributed by atoms with E-state index in [0.717, 1.165) is 26.6 Å². The van der Waals surface area contributed by atoms with Crippen LogP contribution in [0.25, 0.3) is 22.2 Å². The van der Waals surface area contributed by atoms with Crippen LogP contribution >= 0.6 is 15.9 Å². The van der Waals surface area contributed by atoms with Crippen molar-refractivity contribution in [2.75, 3.05) is 0 Å². The maximum atomic E-state index is 11.5. The largest absolute Gasteiger partial charge is 0.366 e. The highest BCUT2D eigenvalue weighted by molar-refractivity contribution is 9.10. The number of nitrogens with two attached hydrogens (primary N) is 1. The normalized spacial score (nSPS) is 11.4. The highest BCUT2D eigenvalue weighted by atomic mass is 79.9. The van der Waals surface area contributed by atoms with Crippen LogP contribution in [-0.2, 0) is 0 Å². The molecule has 0 aliphatic rings. The third-order valence-electron chi connectivity index (χ3n) is 3.45. The Hall–Kier alpha value is -2.08. The van der Waals surface area contributed by atoms with Crippen LogP contribution in [0, 0.1) is 0 Å². The van der Waals surface area contributed by atoms with Crippen LogP contribution < -0.4 is 5.73 Å². The minimum absolute atomic E-state index is 0.302. The van der Waals surface area contributed by atoms with E-state index in [9.17, 15) is 4.79 Å². The van der Waals surface area contributed by atoms with E-state index in [4.69, 9.17) is 5.73 Å². The first-order valence-electron chi connectivity index (χ1n) is 6.63. The van der Waals surface area contributed by atoms with Crippen molar-refractivity contribution in [1.29, 1.82) is 0 Å². The van der Waals surface area contributed by atoms with Crippen molar-refractivity contribution in [2.24, 2.45) is 5.73 Å². The Morgan fingerprint density at radius 3 is 2.81 bits per heavy atom. The molecule has 2 aromatic heterocycles. The van der Waals surface area contributed by atoms with Gasteiger partial charge in [-0.15, -0.1) is 0 Å². The van der Waals surface area contributed by atoms with E-state index in [1.54, 1.807) is 6.07 Å². The average molecular weight is 347 g/mol. The number of carbonyl (C=O) groups excluding carboxylic acids is 1. The predicted octanol–water partition coefficient (Wildman–Crippen LogP) is 3.47. The molecule has 1 aromatic carbocycles. The van der Waals surface area contributed by atoms with Crippen molar-refractivity contribution in [3.8, 4) is 11.3 Å². The van der Waals surface area contributed by atoms with Crippen LogP contribution in [0.15, 0.2) is 35.1 Å². The molecule has 0 saturated carbocycles. The smallest absolute Gasteiger partial charge is 0.250 e. The predicted molar refractivity (Wildman–Crippen MR) is 86.1 cm³/mol. The molecule has 0 bridgehead atoms. The first kappa shape index (κ1) is 13.9. The summed E-state index contributed by atoms with van der Waals surface area (Å²) in [7, 11) is 0. The van der Waals surface area contributed by atoms with Crippen molar-refractivity contribution in [3.63, 3.8) is 0 Å². The van der Waals surface area contributed by atoms with Gasteiger partial charge in [0.2, 0.25) is 0 Å². The zero-order chi connectivity index (χ0) is 15.1. The Morgan fingerprint density at radius 2 is 2.19 bits per heavy atom. The van der Waals surface area contributed by atoms with E-state index in [1.807, 2.05) is 29.2 Å². The molecule has 2 heterocycles. The number of aromatic nitrogens is 3. The van der Waals surface area contributed by atoms with Gasteiger partial charge in [0.15, 0.2) is 0 Å². The third-order valence-corrected chi connectivity index (χ3v) is 4.14. The van der Waals surface area contributed by atoms with Crippen LogP contribution in [0.4, 0.5) is 0 Å². The lowest BCUT2D eigenvalue weighted by Gasteiger charge is -2.02. The summed E-state index contributed by atoms with van der Waals surface area (Å²) in [4.78, 5) is 14.8. The minimum atomic E-state index is -0.446. The Kier molecular flexibility index (Phi) is 3.33. The van der Waals surface area contributed by atoms with Crippen molar-refractivity contribution in [3.05, 3.63) is 40.6 Å². The first-order chi connectivity index (χ1) is 9.97. The van der Waals surface area contributed by atoms with E-state index in [2.05, 4.69) is 39.9 Å². The molecule has 0 aliphatic carbocycles. The van der Waals surface area contributed by atoms with Gasteiger partial charge in [-0.05, 0) is 32.0 Å². The lowest BCUT2D eigenvalue weighted by molar-refractivity contribution is 0.100. The third kappa shape index (κ3) is 2.35. The van der Waals surface area contributed by atoms with Gasteiger partial charge in [0, 0.05) is 33.4 Å². The molecule has 3 N–H and O–H groups in total. The van der Waals surface area contributed by atoms with Gasteiger partial charge in [-0.1, -0.05) is 15.9 Å². The Balaban J connectivity index is 2.18. The summed E-state index contributed by atoms with van der Waals surface area (Å²) in [6.45, 7) is 4.15. The number of primary amides is 1. The van der Waals surface area contributed by atoms with E-state index in [-0.39, 0.29) is 0 Å². The monoisotopic (exact) mass is 346 g/mol. The highest BCUT2D eigenvalue weighted by Gasteiger charge is 2.14. The fourth-order valence-electron chi connectivity index (χ4n) is 2.31. The summed E-state index contributed by atoms with van der Waals surface area (Å²) >= 11 is 3.50. The number of halogens is 1. The lowest BCUT2D eigenvalue weighted by Crippen LogP contribution is -2.11. The van der Waals surface area contributed by atoms with E-state index in [1.165, 1.54) is 0 Å². The van der Waals surface area contributed by atoms with Gasteiger partial charge < -0.3 is 10.7 Å². The maximum absolute atomic E-state index is 11.5. The van der Waals surface area contributed by atoms with Gasteiger partial charge in [0.25, 0.3) is 5.91 Å². The quantitative estimate of drug-likeness (QED) is 0.761. The molecule has 3 aromatic rings. The van der Waals surface area contributed by atoms with Crippen molar-refractivity contribution in [1.82, 2.24) is 14.8 Å². The topological polar surface area (TPSA) is 76.7 Å². The standard InChI is InChI=1S/C15H15BrN4O/c1-8(2)20-7-9(6-18-20)13-5-11-12(16)4-3-10(15(17)21)14(11)19-13/h3-8,19H,1-2H3,(H2,17,21). The van der Waals surface area contributed by atoms with Gasteiger partial charge in [-0.2, -0.15) is 5.10 Å². The molecule has 0 radical (unpaired) electrons. The second-order valence-corrected chi connectivity index (χ2v) is 6.09. The Morgan fingerprint density at radius 1 is 1.43 bits per heavy atom. The molecule has 0 fully saturated rings. The molecule has 5 nitrogen and oxygen atoms in total. The van der Waals surface area contributed by atoms with Gasteiger partial charge in [0.05, 0.1) is 17.3 Å². The number of aromatic amines is 1. The molecule has 3 rings (SSSR count). The van der Waals surface area contributed by atoms with Crippen LogP contribution in [-0.4, -0.2) is 20.7 Å². The van der Waals surface area contributed by atoms with Crippen molar-refractivity contribution >= 4 is 32.7 Å². The molecule has 1 amide bonds. The summed E-state index contributed by atoms with van der Waals surface area (Å²) in [5.74, 6) is -0.446. The zero-order valence-corrected chi connectivity index (χ0v) is 13.3. The van der Waals surface area contributed by atoms with Gasteiger partial charge >= 0.3 is 0 Å². The number of amides is 1. The highest BCUT2D eigenvalue weighted by Crippen LogP contribution is 2.31. The van der Waals surface area contributed by atoms with Crippen LogP contribution in [0.1, 0.15) is 30.2 Å². The molecule has 0 aliphatic heterocycles. The van der Waals surface area contributed by atoms with Crippen molar-refractivity contribution < 1.29 is 4.79 Å². The SMILES string of the molecule is CC(C)n1cc(-c2cc3c(Br)ccc(C(N)=O)c3[nH]2)cn1. The van der Waals surface area contributed by atoms with Gasteiger partial charge in [-0.25, -0.2) is 0 Å². The molecular weight excluding hydrogens is 332 g/mol. The van der Waals surface area contributed by atoms with Crippen LogP contribution in [0.3, 0.4) is 0 Å². The lowest BCUT2D eigenvalue weighted by atomic mass is 10.1. The van der Waals surface area contributed by atoms with E-state index >= 15 is 0 Å². The number of rotatable bonds is 3. The zero-order valence-electron chi connectivity index (χ0n) is 11.7. The number of fused-ring (bicyclic) bond motifs is 1. The second kappa shape index (κ2) is 5.04. The molecule has 0 atom stereocenters. The van der Waals surface area contributed by atoms with Crippen LogP contribution in [0.5, 0.6) is 0 Å². The molecule has 6 heteroatoms. The number of hydrogen-bond acceptors (Lipinski definition) is 2. The van der Waals surface area contributed by atoms with Crippen molar-refractivity contribution in [2.45, 2.75) is 19.9 Å². The first-order valence-corrected chi connectivity index (χ1v) is 7.42. The second-order valence-electron chi connectivity index (χ2n) is 5.23. The molecule has 108 valence electrons. The minimum Gasteiger partial charge on any atom is -0.366 e. The summed E-state index contributed by atoms with van der Waals surface area (Å²) in [5, 5.41) is 5.26. The van der Waals surface area contributed by atoms with Crippen LogP contribution in [0.2, 0.25) is 0 Å². The Bertz CT molecular complexity index is 831. The number of nitrogens with zero attached hydrogens (tertiary/aromatic N) is 2. The summed E-state index contributed by atoms with van der Waals surface area (Å²) < 4.78 is 2.81. The van der Waals surface area contributed by atoms with E-state index in [0.29, 0.717) is 11.6 Å². The summed E-state index contributed by atoms with van der Waals surface area (Å²) in [6, 6.07) is 5.84. The number of H-pyrrole nitrogens is 1. The summed E-state index contributed by atoms with van der Waals surface area (Å²) in [6.07, 6.45) is 3.79. The maximum Gasteiger partial charge on any atom is 0.250 e. The molecule has 0 saturated heterocycles. The molecule has 0 spiro atoms. The fraction of sp³-hybridized carbons (Fsp3) is 0.200. The van der Waals surface area contributed by atoms with E-state index < -0.39 is 5.91 Å². The Labute approximate surface area is 130 Å².